The zero-order valence-electron chi connectivity index (χ0n) is 11.5. The summed E-state index contributed by atoms with van der Waals surface area (Å²) >= 11 is 4.40. The molecule has 0 aliphatic carbocycles. The summed E-state index contributed by atoms with van der Waals surface area (Å²) < 4.78 is 28.3. The SMILES string of the molecule is C=CC[C@H](O)[C@H](NS(=O)(=O)c1ccc(Br)s1)[C@@H](C)CC. The highest BCUT2D eigenvalue weighted by Gasteiger charge is 2.29. The van der Waals surface area contributed by atoms with Crippen molar-refractivity contribution in [3.8, 4) is 0 Å². The van der Waals surface area contributed by atoms with Crippen molar-refractivity contribution in [2.45, 2.75) is 43.0 Å². The van der Waals surface area contributed by atoms with Gasteiger partial charge in [0.15, 0.2) is 0 Å². The van der Waals surface area contributed by atoms with Gasteiger partial charge < -0.3 is 5.11 Å². The second kappa shape index (κ2) is 7.70. The second-order valence-electron chi connectivity index (χ2n) is 4.68. The van der Waals surface area contributed by atoms with Crippen molar-refractivity contribution >= 4 is 37.3 Å². The summed E-state index contributed by atoms with van der Waals surface area (Å²) in [5.41, 5.74) is 0. The monoisotopic (exact) mass is 381 g/mol. The van der Waals surface area contributed by atoms with E-state index in [4.69, 9.17) is 0 Å². The van der Waals surface area contributed by atoms with Crippen LogP contribution >= 0.6 is 27.3 Å². The van der Waals surface area contributed by atoms with Crippen molar-refractivity contribution in [2.24, 2.45) is 5.92 Å². The number of rotatable bonds is 8. The van der Waals surface area contributed by atoms with Gasteiger partial charge in [0.25, 0.3) is 0 Å². The van der Waals surface area contributed by atoms with Crippen LogP contribution in [0.5, 0.6) is 0 Å². The number of aliphatic hydroxyl groups is 1. The van der Waals surface area contributed by atoms with Gasteiger partial charge in [0.1, 0.15) is 4.21 Å². The van der Waals surface area contributed by atoms with Gasteiger partial charge in [-0.3, -0.25) is 0 Å². The number of hydrogen-bond acceptors (Lipinski definition) is 4. The molecule has 0 aliphatic rings. The molecular weight excluding hydrogens is 362 g/mol. The van der Waals surface area contributed by atoms with Crippen LogP contribution in [-0.4, -0.2) is 25.7 Å². The van der Waals surface area contributed by atoms with E-state index in [0.717, 1.165) is 21.5 Å². The summed E-state index contributed by atoms with van der Waals surface area (Å²) in [5, 5.41) is 10.1. The number of nitrogens with one attached hydrogen (secondary N) is 1. The van der Waals surface area contributed by atoms with Crippen LogP contribution in [0.1, 0.15) is 26.7 Å². The van der Waals surface area contributed by atoms with Gasteiger partial charge in [-0.1, -0.05) is 26.3 Å². The minimum Gasteiger partial charge on any atom is -0.391 e. The van der Waals surface area contributed by atoms with Gasteiger partial charge in [-0.05, 0) is 40.4 Å². The molecule has 0 saturated heterocycles. The van der Waals surface area contributed by atoms with E-state index < -0.39 is 22.2 Å². The molecule has 2 N–H and O–H groups in total. The van der Waals surface area contributed by atoms with Gasteiger partial charge in [0.05, 0.1) is 15.9 Å². The van der Waals surface area contributed by atoms with E-state index in [1.165, 1.54) is 0 Å². The molecule has 0 radical (unpaired) electrons. The highest BCUT2D eigenvalue weighted by Crippen LogP contribution is 2.27. The lowest BCUT2D eigenvalue weighted by Gasteiger charge is -2.28. The third kappa shape index (κ3) is 4.66. The molecule has 0 unspecified atom stereocenters. The summed E-state index contributed by atoms with van der Waals surface area (Å²) in [4.78, 5) is 0. The maximum atomic E-state index is 12.3. The summed E-state index contributed by atoms with van der Waals surface area (Å²) in [6.07, 6.45) is 1.94. The summed E-state index contributed by atoms with van der Waals surface area (Å²) in [6, 6.07) is 2.71. The van der Waals surface area contributed by atoms with E-state index in [1.807, 2.05) is 13.8 Å². The molecule has 3 atom stereocenters. The first kappa shape index (κ1) is 17.8. The molecule has 0 aliphatic heterocycles. The van der Waals surface area contributed by atoms with E-state index in [2.05, 4.69) is 27.2 Å². The zero-order valence-corrected chi connectivity index (χ0v) is 14.8. The van der Waals surface area contributed by atoms with E-state index >= 15 is 0 Å². The Kier molecular flexibility index (Phi) is 6.87. The van der Waals surface area contributed by atoms with Crippen LogP contribution in [0.25, 0.3) is 0 Å². The number of hydrogen-bond donors (Lipinski definition) is 2. The van der Waals surface area contributed by atoms with Crippen LogP contribution in [0, 0.1) is 5.92 Å². The maximum Gasteiger partial charge on any atom is 0.250 e. The van der Waals surface area contributed by atoms with Gasteiger partial charge in [0.2, 0.25) is 10.0 Å². The number of aliphatic hydroxyl groups excluding tert-OH is 1. The summed E-state index contributed by atoms with van der Waals surface area (Å²) in [5.74, 6) is 0.0307. The first-order valence-corrected chi connectivity index (χ1v) is 9.47. The smallest absolute Gasteiger partial charge is 0.250 e. The quantitative estimate of drug-likeness (QED) is 0.679. The van der Waals surface area contributed by atoms with Crippen LogP contribution in [-0.2, 0) is 10.0 Å². The van der Waals surface area contributed by atoms with Crippen molar-refractivity contribution < 1.29 is 13.5 Å². The zero-order chi connectivity index (χ0) is 15.3. The molecule has 0 bridgehead atoms. The Bertz CT molecular complexity index is 542. The molecule has 20 heavy (non-hydrogen) atoms. The molecule has 0 spiro atoms. The first-order chi connectivity index (χ1) is 9.31. The molecule has 7 heteroatoms. The topological polar surface area (TPSA) is 66.4 Å². The molecule has 1 heterocycles. The Morgan fingerprint density at radius 2 is 2.20 bits per heavy atom. The standard InChI is InChI=1S/C13H20BrNO3S2/c1-4-6-10(16)13(9(3)5-2)15-20(17,18)12-8-7-11(14)19-12/h4,7-10,13,15-16H,1,5-6H2,2-3H3/t9-,10-,13+/m0/s1. The van der Waals surface area contributed by atoms with Crippen molar-refractivity contribution in [3.63, 3.8) is 0 Å². The number of thiophene rings is 1. The molecule has 0 saturated carbocycles. The molecular formula is C13H20BrNO3S2. The van der Waals surface area contributed by atoms with Gasteiger partial charge in [-0.25, -0.2) is 13.1 Å². The Labute approximate surface area is 133 Å². The number of halogens is 1. The van der Waals surface area contributed by atoms with E-state index in [-0.39, 0.29) is 10.1 Å². The van der Waals surface area contributed by atoms with Crippen molar-refractivity contribution in [2.75, 3.05) is 0 Å². The second-order valence-corrected chi connectivity index (χ2v) is 9.09. The van der Waals surface area contributed by atoms with Crippen molar-refractivity contribution in [1.82, 2.24) is 4.72 Å². The Morgan fingerprint density at radius 1 is 1.55 bits per heavy atom. The predicted octanol–water partition coefficient (Wildman–Crippen LogP) is 3.14. The molecule has 1 aromatic rings. The Hall–Kier alpha value is -0.210. The third-order valence-corrected chi connectivity index (χ3v) is 6.76. The fraction of sp³-hybridized carbons (Fsp3) is 0.538. The van der Waals surface area contributed by atoms with E-state index in [0.29, 0.717) is 6.42 Å². The summed E-state index contributed by atoms with van der Waals surface area (Å²) in [6.45, 7) is 7.47. The first-order valence-electron chi connectivity index (χ1n) is 6.38. The molecule has 114 valence electrons. The van der Waals surface area contributed by atoms with Crippen LogP contribution in [0.3, 0.4) is 0 Å². The Balaban J connectivity index is 2.96. The van der Waals surface area contributed by atoms with Crippen LogP contribution in [0.15, 0.2) is 32.8 Å². The van der Waals surface area contributed by atoms with E-state index in [1.54, 1.807) is 18.2 Å². The maximum absolute atomic E-state index is 12.3. The lowest BCUT2D eigenvalue weighted by Crippen LogP contribution is -2.46. The molecule has 0 amide bonds. The Morgan fingerprint density at radius 3 is 2.65 bits per heavy atom. The highest BCUT2D eigenvalue weighted by molar-refractivity contribution is 9.11. The molecule has 1 aromatic heterocycles. The van der Waals surface area contributed by atoms with Crippen LogP contribution < -0.4 is 4.72 Å². The average Bonchev–Trinajstić information content (AvgIpc) is 2.83. The molecule has 1 rings (SSSR count). The molecule has 4 nitrogen and oxygen atoms in total. The van der Waals surface area contributed by atoms with Crippen LogP contribution in [0.4, 0.5) is 0 Å². The third-order valence-electron chi connectivity index (χ3n) is 3.18. The predicted molar refractivity (Wildman–Crippen MR) is 86.4 cm³/mol. The largest absolute Gasteiger partial charge is 0.391 e. The van der Waals surface area contributed by atoms with Crippen molar-refractivity contribution in [3.05, 3.63) is 28.6 Å². The summed E-state index contributed by atoms with van der Waals surface area (Å²) in [7, 11) is -3.61. The van der Waals surface area contributed by atoms with Gasteiger partial charge >= 0.3 is 0 Å². The van der Waals surface area contributed by atoms with Gasteiger partial charge in [-0.2, -0.15) is 0 Å². The lowest BCUT2D eigenvalue weighted by atomic mass is 9.94. The minimum atomic E-state index is -3.61. The average molecular weight is 382 g/mol. The van der Waals surface area contributed by atoms with Gasteiger partial charge in [-0.15, -0.1) is 17.9 Å². The lowest BCUT2D eigenvalue weighted by molar-refractivity contribution is 0.114. The molecule has 0 fully saturated rings. The highest BCUT2D eigenvalue weighted by atomic mass is 79.9. The van der Waals surface area contributed by atoms with Crippen molar-refractivity contribution in [1.29, 1.82) is 0 Å². The van der Waals surface area contributed by atoms with Gasteiger partial charge in [0, 0.05) is 0 Å². The van der Waals surface area contributed by atoms with Crippen LogP contribution in [0.2, 0.25) is 0 Å². The number of sulfonamides is 1. The normalized spacial score (nSPS) is 16.6. The molecule has 0 aromatic carbocycles. The minimum absolute atomic E-state index is 0.0307. The fourth-order valence-corrected chi connectivity index (χ4v) is 5.23. The van der Waals surface area contributed by atoms with E-state index in [9.17, 15) is 13.5 Å². The fourth-order valence-electron chi connectivity index (χ4n) is 1.82.